The van der Waals surface area contributed by atoms with Crippen molar-refractivity contribution in [1.82, 2.24) is 15.3 Å². The zero-order chi connectivity index (χ0) is 24.5. The molecule has 6 rings (SSSR count). The highest BCUT2D eigenvalue weighted by atomic mass is 16.2. The number of rotatable bonds is 5. The number of hydrogen-bond acceptors (Lipinski definition) is 6. The highest BCUT2D eigenvalue weighted by Crippen LogP contribution is 2.37. The number of piperidine rings is 1. The Morgan fingerprint density at radius 3 is 2.42 bits per heavy atom. The van der Waals surface area contributed by atoms with E-state index in [1.165, 1.54) is 31.6 Å². The van der Waals surface area contributed by atoms with Crippen molar-refractivity contribution in [1.29, 1.82) is 0 Å². The number of carbonyl (C=O) groups excluding carboxylic acids is 1. The maximum atomic E-state index is 12.7. The van der Waals surface area contributed by atoms with Crippen LogP contribution in [0.5, 0.6) is 0 Å². The van der Waals surface area contributed by atoms with Crippen molar-refractivity contribution in [2.75, 3.05) is 41.3 Å². The van der Waals surface area contributed by atoms with Gasteiger partial charge in [0, 0.05) is 68.1 Å². The maximum absolute atomic E-state index is 12.7. The Morgan fingerprint density at radius 2 is 1.75 bits per heavy atom. The smallest absolute Gasteiger partial charge is 0.224 e. The number of fused-ring (bicyclic) bond motifs is 1. The van der Waals surface area contributed by atoms with E-state index < -0.39 is 0 Å². The van der Waals surface area contributed by atoms with E-state index in [1.54, 1.807) is 6.92 Å². The predicted molar refractivity (Wildman–Crippen MR) is 146 cm³/mol. The number of nitrogens with zero attached hydrogens (tertiary/aromatic N) is 4. The summed E-state index contributed by atoms with van der Waals surface area (Å²) >= 11 is 0. The van der Waals surface area contributed by atoms with Crippen LogP contribution in [0.15, 0.2) is 54.7 Å². The molecule has 0 radical (unpaired) electrons. The molecule has 0 atom stereocenters. The number of nitrogens with one attached hydrogen (secondary N) is 2. The Morgan fingerprint density at radius 1 is 1.03 bits per heavy atom. The summed E-state index contributed by atoms with van der Waals surface area (Å²) in [6.07, 6.45) is 8.33. The lowest BCUT2D eigenvalue weighted by Crippen LogP contribution is -2.58. The quantitative estimate of drug-likeness (QED) is 0.552. The molecule has 3 aromatic rings. The van der Waals surface area contributed by atoms with Gasteiger partial charge in [0.15, 0.2) is 0 Å². The van der Waals surface area contributed by atoms with Crippen LogP contribution in [-0.4, -0.2) is 54.1 Å². The van der Waals surface area contributed by atoms with Gasteiger partial charge >= 0.3 is 0 Å². The van der Waals surface area contributed by atoms with Gasteiger partial charge in [-0.05, 0) is 74.3 Å². The van der Waals surface area contributed by atoms with Crippen LogP contribution in [0.1, 0.15) is 45.4 Å². The lowest BCUT2D eigenvalue weighted by Gasteiger charge is -2.49. The van der Waals surface area contributed by atoms with Gasteiger partial charge in [-0.25, -0.2) is 9.97 Å². The predicted octanol–water partition coefficient (Wildman–Crippen LogP) is 4.60. The molecule has 3 aliphatic rings. The van der Waals surface area contributed by atoms with Gasteiger partial charge in [0.2, 0.25) is 11.9 Å². The van der Waals surface area contributed by atoms with Crippen molar-refractivity contribution >= 4 is 34.1 Å². The molecule has 1 spiro atoms. The number of para-hydroxylation sites is 1. The molecular weight excluding hydrogens is 448 g/mol. The molecule has 1 amide bonds. The summed E-state index contributed by atoms with van der Waals surface area (Å²) in [7, 11) is 0. The number of carbonyl (C=O) groups is 1. The fourth-order valence-electron chi connectivity index (χ4n) is 6.25. The number of amides is 1. The lowest BCUT2D eigenvalue weighted by atomic mass is 9.73. The summed E-state index contributed by atoms with van der Waals surface area (Å²) in [5, 5.41) is 8.02. The van der Waals surface area contributed by atoms with Crippen LogP contribution in [0.25, 0.3) is 10.9 Å². The van der Waals surface area contributed by atoms with Crippen molar-refractivity contribution in [2.45, 2.75) is 57.5 Å². The van der Waals surface area contributed by atoms with Crippen LogP contribution in [0.2, 0.25) is 0 Å². The first-order valence-electron chi connectivity index (χ1n) is 13.4. The summed E-state index contributed by atoms with van der Waals surface area (Å²) in [5.41, 5.74) is 3.79. The standard InChI is InChI=1S/C29H36N6O/c1-21(36)35(26-12-10-24(11-13-26)34-16-14-29(15-17-34)19-30-20-29)25-8-6-23(7-9-25)32-28-31-18-22-4-2-3-5-27(22)33-28/h2-5,10-13,18,23,25,30H,6-9,14-17,19-20H2,1H3,(H,31,32,33). The summed E-state index contributed by atoms with van der Waals surface area (Å²) in [5.74, 6) is 0.808. The van der Waals surface area contributed by atoms with Crippen LogP contribution in [-0.2, 0) is 4.79 Å². The summed E-state index contributed by atoms with van der Waals surface area (Å²) in [6.45, 7) is 6.30. The van der Waals surface area contributed by atoms with E-state index in [2.05, 4.69) is 49.8 Å². The summed E-state index contributed by atoms with van der Waals surface area (Å²) < 4.78 is 0. The van der Waals surface area contributed by atoms with Crippen LogP contribution < -0.4 is 20.4 Å². The van der Waals surface area contributed by atoms with E-state index in [0.29, 0.717) is 17.4 Å². The summed E-state index contributed by atoms with van der Waals surface area (Å²) in [6, 6.07) is 17.3. The molecule has 0 bridgehead atoms. The average Bonchev–Trinajstić information content (AvgIpc) is 2.89. The second kappa shape index (κ2) is 9.69. The zero-order valence-corrected chi connectivity index (χ0v) is 21.1. The Balaban J connectivity index is 1.07. The normalized spacial score (nSPS) is 23.3. The lowest BCUT2D eigenvalue weighted by molar-refractivity contribution is -0.117. The van der Waals surface area contributed by atoms with Gasteiger partial charge in [-0.15, -0.1) is 0 Å². The molecule has 1 saturated carbocycles. The van der Waals surface area contributed by atoms with Crippen LogP contribution in [0.3, 0.4) is 0 Å². The van der Waals surface area contributed by atoms with Crippen LogP contribution >= 0.6 is 0 Å². The third kappa shape index (κ3) is 4.64. The van der Waals surface area contributed by atoms with Crippen molar-refractivity contribution in [3.05, 3.63) is 54.7 Å². The minimum atomic E-state index is 0.120. The fourth-order valence-corrected chi connectivity index (χ4v) is 6.25. The maximum Gasteiger partial charge on any atom is 0.224 e. The minimum Gasteiger partial charge on any atom is -0.371 e. The molecule has 2 N–H and O–H groups in total. The monoisotopic (exact) mass is 484 g/mol. The molecule has 3 fully saturated rings. The number of aromatic nitrogens is 2. The second-order valence-electron chi connectivity index (χ2n) is 10.9. The van der Waals surface area contributed by atoms with Gasteiger partial charge in [-0.2, -0.15) is 0 Å². The van der Waals surface area contributed by atoms with E-state index in [1.807, 2.05) is 35.4 Å². The molecule has 1 aliphatic carbocycles. The van der Waals surface area contributed by atoms with Gasteiger partial charge in [-0.3, -0.25) is 4.79 Å². The molecule has 2 saturated heterocycles. The van der Waals surface area contributed by atoms with Crippen molar-refractivity contribution in [3.63, 3.8) is 0 Å². The minimum absolute atomic E-state index is 0.120. The molecule has 188 valence electrons. The van der Waals surface area contributed by atoms with Gasteiger partial charge in [0.25, 0.3) is 0 Å². The number of anilines is 3. The highest BCUT2D eigenvalue weighted by molar-refractivity contribution is 5.92. The third-order valence-corrected chi connectivity index (χ3v) is 8.54. The Labute approximate surface area is 213 Å². The first-order valence-corrected chi connectivity index (χ1v) is 13.4. The first-order chi connectivity index (χ1) is 17.6. The topological polar surface area (TPSA) is 73.4 Å². The highest BCUT2D eigenvalue weighted by Gasteiger charge is 2.39. The Kier molecular flexibility index (Phi) is 6.25. The largest absolute Gasteiger partial charge is 0.371 e. The van der Waals surface area contributed by atoms with Gasteiger partial charge < -0.3 is 20.4 Å². The fraction of sp³-hybridized carbons (Fsp3) is 0.483. The third-order valence-electron chi connectivity index (χ3n) is 8.54. The van der Waals surface area contributed by atoms with E-state index in [4.69, 9.17) is 0 Å². The molecule has 2 aliphatic heterocycles. The van der Waals surface area contributed by atoms with Gasteiger partial charge in [0.05, 0.1) is 5.52 Å². The molecule has 3 heterocycles. The van der Waals surface area contributed by atoms with E-state index in [-0.39, 0.29) is 11.9 Å². The van der Waals surface area contributed by atoms with Crippen LogP contribution in [0, 0.1) is 5.41 Å². The van der Waals surface area contributed by atoms with E-state index in [9.17, 15) is 4.79 Å². The van der Waals surface area contributed by atoms with Crippen molar-refractivity contribution in [2.24, 2.45) is 5.41 Å². The molecule has 7 heteroatoms. The SMILES string of the molecule is CC(=O)N(c1ccc(N2CCC3(CC2)CNC3)cc1)C1CCC(Nc2ncc3ccccc3n2)CC1. The van der Waals surface area contributed by atoms with Gasteiger partial charge in [-0.1, -0.05) is 18.2 Å². The zero-order valence-electron chi connectivity index (χ0n) is 21.1. The Bertz CT molecular complexity index is 1210. The van der Waals surface area contributed by atoms with E-state index in [0.717, 1.165) is 55.4 Å². The molecule has 36 heavy (non-hydrogen) atoms. The van der Waals surface area contributed by atoms with E-state index >= 15 is 0 Å². The summed E-state index contributed by atoms with van der Waals surface area (Å²) in [4.78, 5) is 26.4. The van der Waals surface area contributed by atoms with Crippen LogP contribution in [0.4, 0.5) is 17.3 Å². The molecular formula is C29H36N6O. The number of benzene rings is 2. The molecule has 7 nitrogen and oxygen atoms in total. The van der Waals surface area contributed by atoms with Crippen molar-refractivity contribution < 1.29 is 4.79 Å². The first kappa shape index (κ1) is 23.2. The average molecular weight is 485 g/mol. The van der Waals surface area contributed by atoms with Crippen molar-refractivity contribution in [3.8, 4) is 0 Å². The van der Waals surface area contributed by atoms with Gasteiger partial charge in [0.1, 0.15) is 0 Å². The Hall–Kier alpha value is -3.19. The molecule has 2 aromatic carbocycles. The number of hydrogen-bond donors (Lipinski definition) is 2. The second-order valence-corrected chi connectivity index (χ2v) is 10.9. The molecule has 1 aromatic heterocycles. The molecule has 0 unspecified atom stereocenters.